The van der Waals surface area contributed by atoms with Gasteiger partial charge in [-0.2, -0.15) is 4.31 Å². The van der Waals surface area contributed by atoms with Gasteiger partial charge in [0.05, 0.1) is 13.2 Å². The van der Waals surface area contributed by atoms with Crippen molar-refractivity contribution in [3.8, 4) is 0 Å². The Morgan fingerprint density at radius 1 is 0.429 bits per heavy atom. The van der Waals surface area contributed by atoms with Crippen molar-refractivity contribution in [3.05, 3.63) is 0 Å². The minimum atomic E-state index is -4.62. The van der Waals surface area contributed by atoms with E-state index in [1.54, 1.807) is 0 Å². The van der Waals surface area contributed by atoms with Crippen LogP contribution in [-0.2, 0) is 22.5 Å². The molecule has 0 aliphatic heterocycles. The average molecular weight is 543 g/mol. The molecule has 2 atom stereocenters. The second kappa shape index (κ2) is 24.6. The summed E-state index contributed by atoms with van der Waals surface area (Å²) < 4.78 is 37.9. The molecule has 0 heterocycles. The molecule has 0 aromatic heterocycles. The molecule has 0 aromatic carbocycles. The molecule has 0 rings (SSSR count). The molecular formula is C26H56O7P2. The van der Waals surface area contributed by atoms with Gasteiger partial charge in [-0.1, -0.05) is 142 Å². The summed E-state index contributed by atoms with van der Waals surface area (Å²) in [6.45, 7) is 4.48. The van der Waals surface area contributed by atoms with E-state index >= 15 is 0 Å². The van der Waals surface area contributed by atoms with Crippen LogP contribution in [-0.4, -0.2) is 23.0 Å². The minimum absolute atomic E-state index is 0.0173. The maximum Gasteiger partial charge on any atom is 0.481 e. The van der Waals surface area contributed by atoms with Crippen LogP contribution in [0.4, 0.5) is 0 Å². The standard InChI is InChI=1S/C26H56O7P2/c1-3-5-7-9-11-13-15-17-19-21-23-25-31-34(27,28)33-35(29,30)32-26-24-22-20-18-16-14-12-10-8-6-4-2/h3-26H2,1-2H3,(H,27,28)(H,29,30). The summed E-state index contributed by atoms with van der Waals surface area (Å²) in [5.41, 5.74) is 0. The zero-order valence-corrected chi connectivity index (χ0v) is 24.6. The van der Waals surface area contributed by atoms with Crippen LogP contribution >= 0.6 is 15.6 Å². The highest BCUT2D eigenvalue weighted by Crippen LogP contribution is 2.60. The summed E-state index contributed by atoms with van der Waals surface area (Å²) >= 11 is 0. The number of hydrogen-bond acceptors (Lipinski definition) is 5. The van der Waals surface area contributed by atoms with Gasteiger partial charge in [-0.25, -0.2) is 9.13 Å². The first-order valence-corrected chi connectivity index (χ1v) is 17.5. The van der Waals surface area contributed by atoms with E-state index in [0.29, 0.717) is 12.8 Å². The van der Waals surface area contributed by atoms with E-state index in [9.17, 15) is 18.9 Å². The lowest BCUT2D eigenvalue weighted by molar-refractivity contribution is 0.151. The number of phosphoric ester groups is 2. The summed E-state index contributed by atoms with van der Waals surface area (Å²) in [5.74, 6) is 0. The lowest BCUT2D eigenvalue weighted by Crippen LogP contribution is -2.00. The van der Waals surface area contributed by atoms with Crippen molar-refractivity contribution in [2.45, 2.75) is 155 Å². The van der Waals surface area contributed by atoms with E-state index in [-0.39, 0.29) is 13.2 Å². The van der Waals surface area contributed by atoms with Gasteiger partial charge in [0.1, 0.15) is 0 Å². The predicted octanol–water partition coefficient (Wildman–Crippen LogP) is 9.86. The molecule has 212 valence electrons. The molecule has 7 nitrogen and oxygen atoms in total. The normalized spacial score (nSPS) is 15.2. The summed E-state index contributed by atoms with van der Waals surface area (Å²) in [5, 5.41) is 0. The van der Waals surface area contributed by atoms with Gasteiger partial charge in [0.25, 0.3) is 0 Å². The third-order valence-corrected chi connectivity index (χ3v) is 8.88. The van der Waals surface area contributed by atoms with Gasteiger partial charge in [-0.15, -0.1) is 0 Å². The van der Waals surface area contributed by atoms with Gasteiger partial charge >= 0.3 is 15.6 Å². The lowest BCUT2D eigenvalue weighted by Gasteiger charge is -2.16. The molecule has 0 aliphatic rings. The van der Waals surface area contributed by atoms with Crippen molar-refractivity contribution in [3.63, 3.8) is 0 Å². The van der Waals surface area contributed by atoms with E-state index in [4.69, 9.17) is 9.05 Å². The molecule has 0 aromatic rings. The highest BCUT2D eigenvalue weighted by atomic mass is 31.3. The number of unbranched alkanes of at least 4 members (excludes halogenated alkanes) is 20. The quantitative estimate of drug-likeness (QED) is 0.0749. The van der Waals surface area contributed by atoms with Crippen LogP contribution in [0.2, 0.25) is 0 Å². The Balaban J connectivity index is 3.62. The van der Waals surface area contributed by atoms with Crippen LogP contribution in [0.15, 0.2) is 0 Å². The molecule has 35 heavy (non-hydrogen) atoms. The van der Waals surface area contributed by atoms with Crippen LogP contribution in [0, 0.1) is 0 Å². The fourth-order valence-corrected chi connectivity index (χ4v) is 6.21. The van der Waals surface area contributed by atoms with Crippen LogP contribution < -0.4 is 0 Å². The second-order valence-electron chi connectivity index (χ2n) is 9.76. The Kier molecular flexibility index (Phi) is 24.8. The largest absolute Gasteiger partial charge is 0.481 e. The van der Waals surface area contributed by atoms with Gasteiger partial charge in [0, 0.05) is 0 Å². The Morgan fingerprint density at radius 2 is 0.657 bits per heavy atom. The lowest BCUT2D eigenvalue weighted by atomic mass is 10.1. The summed E-state index contributed by atoms with van der Waals surface area (Å²) in [4.78, 5) is 19.4. The van der Waals surface area contributed by atoms with Crippen molar-refractivity contribution in [2.75, 3.05) is 13.2 Å². The van der Waals surface area contributed by atoms with E-state index in [1.807, 2.05) is 0 Å². The fourth-order valence-electron chi connectivity index (χ4n) is 4.07. The maximum absolute atomic E-state index is 11.9. The summed E-state index contributed by atoms with van der Waals surface area (Å²) in [7, 11) is -9.23. The first kappa shape index (κ1) is 35.3. The molecule has 0 radical (unpaired) electrons. The highest BCUT2D eigenvalue weighted by Gasteiger charge is 2.34. The van der Waals surface area contributed by atoms with Crippen LogP contribution in [0.1, 0.15) is 155 Å². The maximum atomic E-state index is 11.9. The molecule has 0 aliphatic carbocycles. The van der Waals surface area contributed by atoms with Crippen LogP contribution in [0.5, 0.6) is 0 Å². The smallest absolute Gasteiger partial charge is 0.302 e. The second-order valence-corrected chi connectivity index (χ2v) is 12.8. The Labute approximate surface area is 216 Å². The number of phosphoric acid groups is 2. The van der Waals surface area contributed by atoms with Gasteiger partial charge < -0.3 is 9.79 Å². The van der Waals surface area contributed by atoms with Gasteiger partial charge in [0.2, 0.25) is 0 Å². The number of hydrogen-bond donors (Lipinski definition) is 2. The van der Waals surface area contributed by atoms with Crippen molar-refractivity contribution in [1.82, 2.24) is 0 Å². The Morgan fingerprint density at radius 3 is 0.914 bits per heavy atom. The van der Waals surface area contributed by atoms with Gasteiger partial charge in [0.15, 0.2) is 0 Å². The molecule has 0 spiro atoms. The molecule has 0 saturated heterocycles. The molecule has 0 saturated carbocycles. The monoisotopic (exact) mass is 542 g/mol. The van der Waals surface area contributed by atoms with Crippen LogP contribution in [0.25, 0.3) is 0 Å². The Hall–Kier alpha value is 0.260. The molecule has 0 bridgehead atoms. The third-order valence-electron chi connectivity index (χ3n) is 6.21. The van der Waals surface area contributed by atoms with E-state index in [0.717, 1.165) is 38.5 Å². The molecule has 2 unspecified atom stereocenters. The average Bonchev–Trinajstić information content (AvgIpc) is 2.79. The molecule has 0 fully saturated rings. The highest BCUT2D eigenvalue weighted by molar-refractivity contribution is 7.61. The fraction of sp³-hybridized carbons (Fsp3) is 1.00. The third kappa shape index (κ3) is 27.1. The first-order chi connectivity index (χ1) is 16.8. The minimum Gasteiger partial charge on any atom is -0.302 e. The molecule has 2 N–H and O–H groups in total. The summed E-state index contributed by atoms with van der Waals surface area (Å²) in [6, 6.07) is 0. The van der Waals surface area contributed by atoms with Gasteiger partial charge in [-0.05, 0) is 12.8 Å². The predicted molar refractivity (Wildman–Crippen MR) is 146 cm³/mol. The van der Waals surface area contributed by atoms with Crippen molar-refractivity contribution < 1.29 is 32.3 Å². The van der Waals surface area contributed by atoms with E-state index < -0.39 is 15.6 Å². The van der Waals surface area contributed by atoms with Gasteiger partial charge in [-0.3, -0.25) is 9.05 Å². The number of rotatable bonds is 28. The van der Waals surface area contributed by atoms with E-state index in [1.165, 1.54) is 89.9 Å². The summed E-state index contributed by atoms with van der Waals surface area (Å²) in [6.07, 6.45) is 25.5. The molecular weight excluding hydrogens is 486 g/mol. The van der Waals surface area contributed by atoms with E-state index in [2.05, 4.69) is 18.2 Å². The Bertz CT molecular complexity index is 500. The molecule has 9 heteroatoms. The molecule has 0 amide bonds. The SMILES string of the molecule is CCCCCCCCCCCCCOP(=O)(O)OP(=O)(O)OCCCCCCCCCCCCC. The van der Waals surface area contributed by atoms with Crippen molar-refractivity contribution >= 4 is 15.6 Å². The van der Waals surface area contributed by atoms with Crippen molar-refractivity contribution in [1.29, 1.82) is 0 Å². The first-order valence-electron chi connectivity index (χ1n) is 14.5. The van der Waals surface area contributed by atoms with Crippen LogP contribution in [0.3, 0.4) is 0 Å². The zero-order chi connectivity index (χ0) is 26.1. The zero-order valence-electron chi connectivity index (χ0n) is 22.8. The van der Waals surface area contributed by atoms with Crippen molar-refractivity contribution in [2.24, 2.45) is 0 Å². The topological polar surface area (TPSA) is 102 Å².